The van der Waals surface area contributed by atoms with Gasteiger partial charge in [-0.15, -0.1) is 5.10 Å². The van der Waals surface area contributed by atoms with E-state index < -0.39 is 5.97 Å². The number of carbonyl (C=O) groups is 1. The fraction of sp³-hybridized carbons (Fsp3) is 0.455. The molecule has 0 aromatic carbocycles. The second-order valence-electron chi connectivity index (χ2n) is 4.12. The molecule has 0 aliphatic rings. The summed E-state index contributed by atoms with van der Waals surface area (Å²) in [4.78, 5) is 15.4. The van der Waals surface area contributed by atoms with E-state index in [0.29, 0.717) is 23.0 Å². The first-order valence-electron chi connectivity index (χ1n) is 6.03. The lowest BCUT2D eigenvalue weighted by Gasteiger charge is -2.07. The van der Waals surface area contributed by atoms with Gasteiger partial charge in [-0.1, -0.05) is 11.6 Å². The lowest BCUT2D eigenvalue weighted by atomic mass is 10.4. The summed E-state index contributed by atoms with van der Waals surface area (Å²) in [5.41, 5.74) is 6.75. The van der Waals surface area contributed by atoms with Gasteiger partial charge in [-0.3, -0.25) is 9.48 Å². The Morgan fingerprint density at radius 2 is 2.25 bits per heavy atom. The van der Waals surface area contributed by atoms with Gasteiger partial charge in [0.1, 0.15) is 19.5 Å². The highest BCUT2D eigenvalue weighted by atomic mass is 35.5. The number of anilines is 1. The topological polar surface area (TPSA) is 101 Å². The summed E-state index contributed by atoms with van der Waals surface area (Å²) in [6, 6.07) is 0. The quantitative estimate of drug-likeness (QED) is 0.819. The van der Waals surface area contributed by atoms with Gasteiger partial charge >= 0.3 is 5.97 Å². The van der Waals surface area contributed by atoms with Crippen molar-refractivity contribution < 1.29 is 9.53 Å². The average molecular weight is 299 g/mol. The molecule has 2 N–H and O–H groups in total. The van der Waals surface area contributed by atoms with Crippen molar-refractivity contribution in [3.05, 3.63) is 22.7 Å². The molecule has 108 valence electrons. The summed E-state index contributed by atoms with van der Waals surface area (Å²) in [5, 5.41) is 8.56. The minimum atomic E-state index is -0.451. The van der Waals surface area contributed by atoms with Gasteiger partial charge in [0.05, 0.1) is 16.4 Å². The van der Waals surface area contributed by atoms with Crippen LogP contribution in [-0.2, 0) is 29.2 Å². The van der Waals surface area contributed by atoms with Crippen LogP contribution in [-0.4, -0.2) is 30.5 Å². The molecule has 0 unspecified atom stereocenters. The minimum absolute atomic E-state index is 0.0545. The maximum Gasteiger partial charge on any atom is 0.328 e. The highest BCUT2D eigenvalue weighted by Crippen LogP contribution is 2.21. The average Bonchev–Trinajstić information content (AvgIpc) is 2.92. The van der Waals surface area contributed by atoms with E-state index in [1.807, 2.05) is 6.92 Å². The zero-order valence-corrected chi connectivity index (χ0v) is 12.0. The molecule has 2 aromatic rings. The van der Waals surface area contributed by atoms with E-state index in [9.17, 15) is 4.79 Å². The van der Waals surface area contributed by atoms with Gasteiger partial charge < -0.3 is 10.5 Å². The van der Waals surface area contributed by atoms with Crippen molar-refractivity contribution in [2.75, 3.05) is 5.73 Å². The molecule has 0 aliphatic carbocycles. The second kappa shape index (κ2) is 5.91. The standard InChI is InChI=1S/C11H15ClN6O2/c1-3-18-8(10(12)7(2)15-18)5-20-9(19)4-17-6-14-11(13)16-17/h6H,3-5H2,1-2H3,(H2,13,16). The molecular weight excluding hydrogens is 284 g/mol. The summed E-state index contributed by atoms with van der Waals surface area (Å²) in [7, 11) is 0. The highest BCUT2D eigenvalue weighted by molar-refractivity contribution is 6.31. The first kappa shape index (κ1) is 14.3. The van der Waals surface area contributed by atoms with Crippen molar-refractivity contribution in [3.8, 4) is 0 Å². The lowest BCUT2D eigenvalue weighted by Crippen LogP contribution is -2.15. The Kier molecular flexibility index (Phi) is 4.23. The van der Waals surface area contributed by atoms with Crippen LogP contribution in [0.4, 0.5) is 5.95 Å². The predicted molar refractivity (Wildman–Crippen MR) is 71.9 cm³/mol. The molecule has 0 atom stereocenters. The first-order valence-corrected chi connectivity index (χ1v) is 6.41. The number of carbonyl (C=O) groups excluding carboxylic acids is 1. The van der Waals surface area contributed by atoms with E-state index in [1.54, 1.807) is 11.6 Å². The number of nitrogens with two attached hydrogens (primary N) is 1. The fourth-order valence-corrected chi connectivity index (χ4v) is 1.91. The Morgan fingerprint density at radius 1 is 1.50 bits per heavy atom. The molecule has 0 spiro atoms. The van der Waals surface area contributed by atoms with Gasteiger partial charge in [-0.25, -0.2) is 9.67 Å². The number of nitrogens with zero attached hydrogens (tertiary/aromatic N) is 5. The number of aromatic nitrogens is 5. The summed E-state index contributed by atoms with van der Waals surface area (Å²) >= 11 is 6.12. The molecule has 9 heteroatoms. The van der Waals surface area contributed by atoms with Crippen LogP contribution in [0.25, 0.3) is 0 Å². The third-order valence-electron chi connectivity index (χ3n) is 2.67. The number of hydrogen-bond donors (Lipinski definition) is 1. The van der Waals surface area contributed by atoms with E-state index in [-0.39, 0.29) is 19.1 Å². The van der Waals surface area contributed by atoms with Gasteiger partial charge in [-0.05, 0) is 13.8 Å². The van der Waals surface area contributed by atoms with Crippen LogP contribution in [0.15, 0.2) is 6.33 Å². The lowest BCUT2D eigenvalue weighted by molar-refractivity contribution is -0.146. The smallest absolute Gasteiger partial charge is 0.328 e. The molecule has 0 bridgehead atoms. The second-order valence-corrected chi connectivity index (χ2v) is 4.50. The molecule has 20 heavy (non-hydrogen) atoms. The van der Waals surface area contributed by atoms with Crippen molar-refractivity contribution in [3.63, 3.8) is 0 Å². The van der Waals surface area contributed by atoms with Crippen LogP contribution in [0.2, 0.25) is 5.02 Å². The van der Waals surface area contributed by atoms with Crippen molar-refractivity contribution in [1.29, 1.82) is 0 Å². The Hall–Kier alpha value is -2.09. The number of ether oxygens (including phenoxy) is 1. The first-order chi connectivity index (χ1) is 9.51. The van der Waals surface area contributed by atoms with Crippen LogP contribution >= 0.6 is 11.6 Å². The van der Waals surface area contributed by atoms with Crippen molar-refractivity contribution in [2.45, 2.75) is 33.5 Å². The summed E-state index contributed by atoms with van der Waals surface area (Å²) in [6.07, 6.45) is 1.37. The number of rotatable bonds is 5. The SMILES string of the molecule is CCn1nc(C)c(Cl)c1COC(=O)Cn1cnc(N)n1. The molecule has 8 nitrogen and oxygen atoms in total. The van der Waals surface area contributed by atoms with Crippen LogP contribution in [0.1, 0.15) is 18.3 Å². The number of nitrogen functional groups attached to an aromatic ring is 1. The third-order valence-corrected chi connectivity index (χ3v) is 3.16. The van der Waals surface area contributed by atoms with Crippen LogP contribution < -0.4 is 5.73 Å². The molecule has 2 heterocycles. The number of aryl methyl sites for hydroxylation is 2. The van der Waals surface area contributed by atoms with Crippen molar-refractivity contribution >= 4 is 23.5 Å². The zero-order valence-electron chi connectivity index (χ0n) is 11.2. The van der Waals surface area contributed by atoms with Gasteiger partial charge in [0.15, 0.2) is 0 Å². The zero-order chi connectivity index (χ0) is 14.7. The number of halogens is 1. The summed E-state index contributed by atoms with van der Waals surface area (Å²) < 4.78 is 8.18. The third kappa shape index (κ3) is 3.08. The van der Waals surface area contributed by atoms with Crippen molar-refractivity contribution in [2.24, 2.45) is 0 Å². The molecular formula is C11H15ClN6O2. The maximum absolute atomic E-state index is 11.7. The van der Waals surface area contributed by atoms with E-state index in [0.717, 1.165) is 0 Å². The molecule has 0 radical (unpaired) electrons. The van der Waals surface area contributed by atoms with Crippen LogP contribution in [0.3, 0.4) is 0 Å². The van der Waals surface area contributed by atoms with Crippen molar-refractivity contribution in [1.82, 2.24) is 24.5 Å². The Labute approximate surface area is 120 Å². The Morgan fingerprint density at radius 3 is 2.85 bits per heavy atom. The monoisotopic (exact) mass is 298 g/mol. The molecule has 2 aromatic heterocycles. The van der Waals surface area contributed by atoms with Gasteiger partial charge in [0, 0.05) is 6.54 Å². The predicted octanol–water partition coefficient (Wildman–Crippen LogP) is 0.782. The van der Waals surface area contributed by atoms with E-state index >= 15 is 0 Å². The maximum atomic E-state index is 11.7. The molecule has 0 saturated carbocycles. The number of hydrogen-bond acceptors (Lipinski definition) is 6. The van der Waals surface area contributed by atoms with Crippen LogP contribution in [0, 0.1) is 6.92 Å². The van der Waals surface area contributed by atoms with E-state index in [1.165, 1.54) is 11.0 Å². The fourth-order valence-electron chi connectivity index (χ4n) is 1.72. The summed E-state index contributed by atoms with van der Waals surface area (Å²) in [6.45, 7) is 4.40. The van der Waals surface area contributed by atoms with Crippen LogP contribution in [0.5, 0.6) is 0 Å². The molecule has 2 rings (SSSR count). The van der Waals surface area contributed by atoms with Gasteiger partial charge in [0.25, 0.3) is 0 Å². The molecule has 0 aliphatic heterocycles. The van der Waals surface area contributed by atoms with Gasteiger partial charge in [0.2, 0.25) is 5.95 Å². The normalized spacial score (nSPS) is 10.8. The Bertz CT molecular complexity index is 620. The molecule has 0 saturated heterocycles. The minimum Gasteiger partial charge on any atom is -0.458 e. The van der Waals surface area contributed by atoms with Gasteiger partial charge in [-0.2, -0.15) is 5.10 Å². The highest BCUT2D eigenvalue weighted by Gasteiger charge is 2.15. The molecule has 0 fully saturated rings. The number of esters is 1. The largest absolute Gasteiger partial charge is 0.458 e. The van der Waals surface area contributed by atoms with E-state index in [2.05, 4.69) is 15.2 Å². The Balaban J connectivity index is 1.96. The van der Waals surface area contributed by atoms with E-state index in [4.69, 9.17) is 22.1 Å². The molecule has 0 amide bonds. The summed E-state index contributed by atoms with van der Waals surface area (Å²) in [5.74, 6) is -0.340.